The van der Waals surface area contributed by atoms with Crippen molar-refractivity contribution in [1.29, 1.82) is 0 Å². The molecule has 3 rings (SSSR count). The summed E-state index contributed by atoms with van der Waals surface area (Å²) < 4.78 is 0.908. The van der Waals surface area contributed by atoms with Gasteiger partial charge in [-0.3, -0.25) is 10.1 Å². The molecule has 6 heteroatoms. The quantitative estimate of drug-likeness (QED) is 0.491. The number of piperidine rings is 1. The van der Waals surface area contributed by atoms with Crippen LogP contribution in [0.5, 0.6) is 0 Å². The number of nitrogens with zero attached hydrogens (tertiary/aromatic N) is 2. The van der Waals surface area contributed by atoms with Gasteiger partial charge in [-0.1, -0.05) is 0 Å². The minimum absolute atomic E-state index is 0.233. The Morgan fingerprint density at radius 3 is 2.95 bits per heavy atom. The number of hydrogen-bond donors (Lipinski definition) is 1. The average molecular weight is 373 g/mol. The van der Waals surface area contributed by atoms with Crippen molar-refractivity contribution in [2.45, 2.75) is 6.42 Å². The van der Waals surface area contributed by atoms with Crippen LogP contribution in [0.2, 0.25) is 0 Å². The summed E-state index contributed by atoms with van der Waals surface area (Å²) in [4.78, 5) is 13.1. The molecular formula is C13H16IN3O2. The fraction of sp³-hybridized carbons (Fsp3) is 0.538. The van der Waals surface area contributed by atoms with Gasteiger partial charge in [-0.2, -0.15) is 0 Å². The smallest absolute Gasteiger partial charge is 0.293 e. The summed E-state index contributed by atoms with van der Waals surface area (Å²) >= 11 is 2.12. The largest absolute Gasteiger partial charge is 0.366 e. The Bertz CT molecular complexity index is 509. The molecule has 0 aliphatic carbocycles. The minimum Gasteiger partial charge on any atom is -0.366 e. The number of fused-ring (bicyclic) bond motifs is 1. The molecule has 1 N–H and O–H groups in total. The van der Waals surface area contributed by atoms with Crippen LogP contribution in [-0.4, -0.2) is 31.1 Å². The molecule has 102 valence electrons. The topological polar surface area (TPSA) is 58.4 Å². The molecule has 0 radical (unpaired) electrons. The van der Waals surface area contributed by atoms with E-state index in [1.807, 2.05) is 12.1 Å². The van der Waals surface area contributed by atoms with E-state index in [4.69, 9.17) is 0 Å². The Morgan fingerprint density at radius 1 is 1.37 bits per heavy atom. The number of nitro benzene ring substituents is 1. The first-order chi connectivity index (χ1) is 9.15. The van der Waals surface area contributed by atoms with E-state index in [2.05, 4.69) is 32.8 Å². The minimum atomic E-state index is -0.267. The third kappa shape index (κ3) is 2.55. The van der Waals surface area contributed by atoms with Crippen LogP contribution in [0.3, 0.4) is 0 Å². The predicted octanol–water partition coefficient (Wildman–Crippen LogP) is 2.25. The second kappa shape index (κ2) is 5.24. The number of nitro groups is 1. The third-order valence-electron chi connectivity index (χ3n) is 4.18. The molecule has 19 heavy (non-hydrogen) atoms. The fourth-order valence-corrected chi connectivity index (χ4v) is 3.64. The van der Waals surface area contributed by atoms with Gasteiger partial charge in [-0.05, 0) is 66.1 Å². The van der Waals surface area contributed by atoms with E-state index >= 15 is 0 Å². The number of halogens is 1. The average Bonchev–Trinajstić information content (AvgIpc) is 2.85. The van der Waals surface area contributed by atoms with Crippen LogP contribution in [0.15, 0.2) is 18.2 Å². The van der Waals surface area contributed by atoms with Gasteiger partial charge in [0.05, 0.1) is 4.92 Å². The summed E-state index contributed by atoms with van der Waals surface area (Å²) in [7, 11) is 0. The van der Waals surface area contributed by atoms with E-state index < -0.39 is 0 Å². The SMILES string of the molecule is O=[N+]([O-])c1cc(I)ccc1N1CCC2CNCC2C1. The highest BCUT2D eigenvalue weighted by Crippen LogP contribution is 2.35. The van der Waals surface area contributed by atoms with Gasteiger partial charge in [0.15, 0.2) is 0 Å². The van der Waals surface area contributed by atoms with E-state index in [-0.39, 0.29) is 10.6 Å². The molecule has 0 saturated carbocycles. The molecule has 2 heterocycles. The highest BCUT2D eigenvalue weighted by Gasteiger charge is 2.34. The Morgan fingerprint density at radius 2 is 2.16 bits per heavy atom. The van der Waals surface area contributed by atoms with Crippen LogP contribution in [-0.2, 0) is 0 Å². The Kier molecular flexibility index (Phi) is 3.62. The van der Waals surface area contributed by atoms with Gasteiger partial charge in [0, 0.05) is 22.7 Å². The maximum absolute atomic E-state index is 11.2. The molecule has 2 aliphatic rings. The molecule has 2 saturated heterocycles. The first-order valence-electron chi connectivity index (χ1n) is 6.55. The molecule has 2 fully saturated rings. The Labute approximate surface area is 125 Å². The summed E-state index contributed by atoms with van der Waals surface area (Å²) in [5, 5.41) is 14.6. The second-order valence-corrected chi connectivity index (χ2v) is 6.55. The van der Waals surface area contributed by atoms with Crippen molar-refractivity contribution in [1.82, 2.24) is 5.32 Å². The van der Waals surface area contributed by atoms with E-state index in [9.17, 15) is 10.1 Å². The lowest BCUT2D eigenvalue weighted by molar-refractivity contribution is -0.384. The van der Waals surface area contributed by atoms with Crippen molar-refractivity contribution in [2.24, 2.45) is 11.8 Å². The van der Waals surface area contributed by atoms with Crippen molar-refractivity contribution in [2.75, 3.05) is 31.1 Å². The number of anilines is 1. The molecule has 0 amide bonds. The second-order valence-electron chi connectivity index (χ2n) is 5.30. The maximum atomic E-state index is 11.2. The Balaban J connectivity index is 1.87. The van der Waals surface area contributed by atoms with Gasteiger partial charge in [0.25, 0.3) is 5.69 Å². The first-order valence-corrected chi connectivity index (χ1v) is 7.62. The lowest BCUT2D eigenvalue weighted by Gasteiger charge is -2.35. The normalized spacial score (nSPS) is 26.3. The summed E-state index contributed by atoms with van der Waals surface area (Å²) in [6.45, 7) is 4.00. The zero-order valence-electron chi connectivity index (χ0n) is 10.5. The van der Waals surface area contributed by atoms with Gasteiger partial charge < -0.3 is 10.2 Å². The van der Waals surface area contributed by atoms with Crippen molar-refractivity contribution in [3.63, 3.8) is 0 Å². The van der Waals surface area contributed by atoms with Crippen molar-refractivity contribution in [3.05, 3.63) is 31.9 Å². The molecule has 0 spiro atoms. The van der Waals surface area contributed by atoms with Gasteiger partial charge in [0.1, 0.15) is 5.69 Å². The van der Waals surface area contributed by atoms with Crippen LogP contribution >= 0.6 is 22.6 Å². The van der Waals surface area contributed by atoms with E-state index in [1.54, 1.807) is 6.07 Å². The summed E-state index contributed by atoms with van der Waals surface area (Å²) in [5.74, 6) is 1.38. The van der Waals surface area contributed by atoms with Crippen molar-refractivity contribution in [3.8, 4) is 0 Å². The summed E-state index contributed by atoms with van der Waals surface area (Å²) in [6, 6.07) is 5.50. The fourth-order valence-electron chi connectivity index (χ4n) is 3.16. The van der Waals surface area contributed by atoms with E-state index in [0.717, 1.165) is 47.8 Å². The van der Waals surface area contributed by atoms with Gasteiger partial charge in [0.2, 0.25) is 0 Å². The number of nitrogens with one attached hydrogen (secondary N) is 1. The van der Waals surface area contributed by atoms with E-state index in [1.165, 1.54) is 0 Å². The molecule has 2 aliphatic heterocycles. The van der Waals surface area contributed by atoms with Crippen LogP contribution in [0.1, 0.15) is 6.42 Å². The van der Waals surface area contributed by atoms with Crippen molar-refractivity contribution < 1.29 is 4.92 Å². The zero-order chi connectivity index (χ0) is 13.4. The molecule has 2 atom stereocenters. The highest BCUT2D eigenvalue weighted by atomic mass is 127. The number of hydrogen-bond acceptors (Lipinski definition) is 4. The van der Waals surface area contributed by atoms with Gasteiger partial charge in [-0.25, -0.2) is 0 Å². The van der Waals surface area contributed by atoms with Crippen molar-refractivity contribution >= 4 is 34.0 Å². The molecule has 0 bridgehead atoms. The summed E-state index contributed by atoms with van der Waals surface area (Å²) in [5.41, 5.74) is 1.01. The number of rotatable bonds is 2. The summed E-state index contributed by atoms with van der Waals surface area (Å²) in [6.07, 6.45) is 1.13. The maximum Gasteiger partial charge on any atom is 0.293 e. The van der Waals surface area contributed by atoms with Crippen LogP contribution < -0.4 is 10.2 Å². The molecule has 2 unspecified atom stereocenters. The van der Waals surface area contributed by atoms with Gasteiger partial charge in [-0.15, -0.1) is 0 Å². The monoisotopic (exact) mass is 373 g/mol. The number of benzene rings is 1. The lowest BCUT2D eigenvalue weighted by atomic mass is 9.88. The molecule has 1 aromatic carbocycles. The van der Waals surface area contributed by atoms with Crippen LogP contribution in [0.25, 0.3) is 0 Å². The van der Waals surface area contributed by atoms with E-state index in [0.29, 0.717) is 5.92 Å². The van der Waals surface area contributed by atoms with Gasteiger partial charge >= 0.3 is 0 Å². The highest BCUT2D eigenvalue weighted by molar-refractivity contribution is 14.1. The molecule has 0 aromatic heterocycles. The van der Waals surface area contributed by atoms with Crippen LogP contribution in [0.4, 0.5) is 11.4 Å². The molecular weight excluding hydrogens is 357 g/mol. The lowest BCUT2D eigenvalue weighted by Crippen LogP contribution is -2.40. The predicted molar refractivity (Wildman–Crippen MR) is 82.5 cm³/mol. The molecule has 1 aromatic rings. The third-order valence-corrected chi connectivity index (χ3v) is 4.85. The molecule has 5 nitrogen and oxygen atoms in total. The zero-order valence-corrected chi connectivity index (χ0v) is 12.7. The Hall–Kier alpha value is -0.890. The standard InChI is InChI=1S/C13H16IN3O2/c14-11-1-2-12(13(5-11)17(18)19)16-4-3-9-6-15-7-10(9)8-16/h1-2,5,9-10,15H,3-4,6-8H2. The first kappa shape index (κ1) is 13.1. The van der Waals surface area contributed by atoms with Crippen LogP contribution in [0, 0.1) is 25.5 Å².